The zero-order valence-electron chi connectivity index (χ0n) is 14.8. The fraction of sp³-hybridized carbons (Fsp3) is 0.200. The quantitative estimate of drug-likeness (QED) is 0.731. The summed E-state index contributed by atoms with van der Waals surface area (Å²) in [6, 6.07) is 10.6. The summed E-state index contributed by atoms with van der Waals surface area (Å²) >= 11 is 6.28. The maximum Gasteiger partial charge on any atom is 0.257 e. The molecular weight excluding hydrogens is 368 g/mol. The summed E-state index contributed by atoms with van der Waals surface area (Å²) in [5.74, 6) is 1.52. The van der Waals surface area contributed by atoms with Crippen molar-refractivity contribution >= 4 is 34.1 Å². The molecule has 0 aliphatic carbocycles. The molecule has 2 heterocycles. The fourth-order valence-electron chi connectivity index (χ4n) is 2.96. The van der Waals surface area contributed by atoms with Gasteiger partial charge in [0.15, 0.2) is 11.5 Å². The first kappa shape index (κ1) is 17.4. The van der Waals surface area contributed by atoms with Crippen LogP contribution in [0, 0.1) is 6.92 Å². The molecule has 1 N–H and O–H groups in total. The molecule has 0 unspecified atom stereocenters. The molecule has 27 heavy (non-hydrogen) atoms. The Morgan fingerprint density at radius 3 is 2.63 bits per heavy atom. The highest BCUT2D eigenvalue weighted by Gasteiger charge is 2.18. The average molecular weight is 385 g/mol. The van der Waals surface area contributed by atoms with E-state index >= 15 is 0 Å². The highest BCUT2D eigenvalue weighted by Crippen LogP contribution is 2.38. The Kier molecular flexibility index (Phi) is 4.49. The monoisotopic (exact) mass is 384 g/mol. The number of hydrogen-bond acceptors (Lipinski definition) is 5. The lowest BCUT2D eigenvalue weighted by atomic mass is 10.1. The molecule has 0 atom stereocenters. The second-order valence-corrected chi connectivity index (χ2v) is 6.52. The summed E-state index contributed by atoms with van der Waals surface area (Å²) in [4.78, 5) is 17.4. The number of halogens is 1. The lowest BCUT2D eigenvalue weighted by Crippen LogP contribution is -2.17. The highest BCUT2D eigenvalue weighted by molar-refractivity contribution is 6.34. The van der Waals surface area contributed by atoms with E-state index in [-0.39, 0.29) is 5.91 Å². The SMILES string of the molecule is COc1ccc2nc(C)c(C(=O)Nc3cc4c(cc3Cl)OCCO4)cc2c1. The summed E-state index contributed by atoms with van der Waals surface area (Å²) in [5, 5.41) is 4.03. The Morgan fingerprint density at radius 2 is 1.89 bits per heavy atom. The lowest BCUT2D eigenvalue weighted by Gasteiger charge is -2.20. The number of nitrogens with zero attached hydrogens (tertiary/aromatic N) is 1. The number of carbonyl (C=O) groups excluding carboxylic acids is 1. The fourth-order valence-corrected chi connectivity index (χ4v) is 3.16. The van der Waals surface area contributed by atoms with Crippen LogP contribution >= 0.6 is 11.6 Å². The van der Waals surface area contributed by atoms with Crippen molar-refractivity contribution in [3.05, 3.63) is 52.7 Å². The number of benzene rings is 2. The second kappa shape index (κ2) is 6.96. The van der Waals surface area contributed by atoms with Crippen molar-refractivity contribution in [1.29, 1.82) is 0 Å². The van der Waals surface area contributed by atoms with E-state index in [0.717, 1.165) is 10.9 Å². The van der Waals surface area contributed by atoms with Crippen LogP contribution in [-0.4, -0.2) is 31.2 Å². The van der Waals surface area contributed by atoms with Crippen molar-refractivity contribution in [2.45, 2.75) is 6.92 Å². The Hall–Kier alpha value is -2.99. The molecule has 0 radical (unpaired) electrons. The van der Waals surface area contributed by atoms with Gasteiger partial charge < -0.3 is 19.5 Å². The number of anilines is 1. The van der Waals surface area contributed by atoms with Crippen molar-refractivity contribution in [2.24, 2.45) is 0 Å². The second-order valence-electron chi connectivity index (χ2n) is 6.11. The minimum absolute atomic E-state index is 0.303. The minimum atomic E-state index is -0.303. The molecule has 2 aromatic carbocycles. The van der Waals surface area contributed by atoms with Gasteiger partial charge in [0.25, 0.3) is 5.91 Å². The number of carbonyl (C=O) groups is 1. The summed E-state index contributed by atoms with van der Waals surface area (Å²) in [6.45, 7) is 2.72. The van der Waals surface area contributed by atoms with Gasteiger partial charge in [-0.3, -0.25) is 9.78 Å². The lowest BCUT2D eigenvalue weighted by molar-refractivity contribution is 0.102. The first-order valence-electron chi connectivity index (χ1n) is 8.41. The molecule has 4 rings (SSSR count). The summed E-state index contributed by atoms with van der Waals surface area (Å²) in [5.41, 5.74) is 2.33. The number of hydrogen-bond donors (Lipinski definition) is 1. The molecule has 1 aliphatic rings. The van der Waals surface area contributed by atoms with Crippen LogP contribution in [0.3, 0.4) is 0 Å². The van der Waals surface area contributed by atoms with Crippen LogP contribution in [0.15, 0.2) is 36.4 Å². The third-order valence-electron chi connectivity index (χ3n) is 4.34. The number of nitrogens with one attached hydrogen (secondary N) is 1. The predicted octanol–water partition coefficient (Wildman–Crippen LogP) is 4.23. The molecular formula is C20H17ClN2O4. The normalized spacial score (nSPS) is 12.7. The van der Waals surface area contributed by atoms with Gasteiger partial charge in [-0.1, -0.05) is 11.6 Å². The smallest absolute Gasteiger partial charge is 0.257 e. The molecule has 0 spiro atoms. The molecule has 1 aromatic heterocycles. The highest BCUT2D eigenvalue weighted by atomic mass is 35.5. The van der Waals surface area contributed by atoms with Crippen LogP contribution in [-0.2, 0) is 0 Å². The van der Waals surface area contributed by atoms with E-state index < -0.39 is 0 Å². The predicted molar refractivity (Wildman–Crippen MR) is 103 cm³/mol. The number of methoxy groups -OCH3 is 1. The molecule has 7 heteroatoms. The Bertz CT molecular complexity index is 1050. The maximum atomic E-state index is 12.8. The molecule has 6 nitrogen and oxygen atoms in total. The zero-order valence-corrected chi connectivity index (χ0v) is 15.6. The van der Waals surface area contributed by atoms with Gasteiger partial charge >= 0.3 is 0 Å². The van der Waals surface area contributed by atoms with Crippen molar-refractivity contribution in [3.63, 3.8) is 0 Å². The van der Waals surface area contributed by atoms with E-state index in [1.165, 1.54) is 0 Å². The number of aromatic nitrogens is 1. The Balaban J connectivity index is 1.67. The number of rotatable bonds is 3. The van der Waals surface area contributed by atoms with E-state index in [4.69, 9.17) is 25.8 Å². The zero-order chi connectivity index (χ0) is 19.0. The third kappa shape index (κ3) is 3.36. The molecule has 3 aromatic rings. The third-order valence-corrected chi connectivity index (χ3v) is 4.65. The van der Waals surface area contributed by atoms with Crippen molar-refractivity contribution in [3.8, 4) is 17.2 Å². The molecule has 0 saturated carbocycles. The summed E-state index contributed by atoms with van der Waals surface area (Å²) in [7, 11) is 1.60. The number of aryl methyl sites for hydroxylation is 1. The molecule has 138 valence electrons. The Labute approximate surface area is 161 Å². The number of pyridine rings is 1. The van der Waals surface area contributed by atoms with Crippen LogP contribution < -0.4 is 19.5 Å². The largest absolute Gasteiger partial charge is 0.497 e. The summed E-state index contributed by atoms with van der Waals surface area (Å²) < 4.78 is 16.3. The molecule has 1 amide bonds. The van der Waals surface area contributed by atoms with Gasteiger partial charge in [0, 0.05) is 17.5 Å². The van der Waals surface area contributed by atoms with E-state index in [1.807, 2.05) is 18.2 Å². The average Bonchev–Trinajstić information content (AvgIpc) is 2.67. The minimum Gasteiger partial charge on any atom is -0.497 e. The number of amides is 1. The standard InChI is InChI=1S/C20H17ClN2O4/c1-11-14(8-12-7-13(25-2)3-4-16(12)22-11)20(24)23-17-10-19-18(9-15(17)21)26-5-6-27-19/h3-4,7-10H,5-6H2,1-2H3,(H,23,24). The Morgan fingerprint density at radius 1 is 1.15 bits per heavy atom. The van der Waals surface area contributed by atoms with Crippen LogP contribution in [0.1, 0.15) is 16.1 Å². The van der Waals surface area contributed by atoms with Gasteiger partial charge in [0.2, 0.25) is 0 Å². The van der Waals surface area contributed by atoms with Crippen LogP contribution in [0.25, 0.3) is 10.9 Å². The van der Waals surface area contributed by atoms with Gasteiger partial charge in [-0.15, -0.1) is 0 Å². The van der Waals surface area contributed by atoms with E-state index in [9.17, 15) is 4.79 Å². The maximum absolute atomic E-state index is 12.8. The van der Waals surface area contributed by atoms with Gasteiger partial charge in [0.05, 0.1) is 34.6 Å². The van der Waals surface area contributed by atoms with E-state index in [1.54, 1.807) is 32.2 Å². The van der Waals surface area contributed by atoms with E-state index in [0.29, 0.717) is 52.4 Å². The number of ether oxygens (including phenoxy) is 3. The van der Waals surface area contributed by atoms with Gasteiger partial charge in [-0.25, -0.2) is 0 Å². The molecule has 0 bridgehead atoms. The van der Waals surface area contributed by atoms with Gasteiger partial charge in [-0.05, 0) is 31.2 Å². The van der Waals surface area contributed by atoms with Crippen LogP contribution in [0.4, 0.5) is 5.69 Å². The van der Waals surface area contributed by atoms with Crippen molar-refractivity contribution in [2.75, 3.05) is 25.6 Å². The van der Waals surface area contributed by atoms with Gasteiger partial charge in [-0.2, -0.15) is 0 Å². The van der Waals surface area contributed by atoms with E-state index in [2.05, 4.69) is 10.3 Å². The molecule has 0 saturated heterocycles. The first-order chi connectivity index (χ1) is 13.0. The summed E-state index contributed by atoms with van der Waals surface area (Å²) in [6.07, 6.45) is 0. The molecule has 0 fully saturated rings. The van der Waals surface area contributed by atoms with Crippen LogP contribution in [0.2, 0.25) is 5.02 Å². The van der Waals surface area contributed by atoms with Crippen LogP contribution in [0.5, 0.6) is 17.2 Å². The number of fused-ring (bicyclic) bond motifs is 2. The van der Waals surface area contributed by atoms with Crippen molar-refractivity contribution in [1.82, 2.24) is 4.98 Å². The molecule has 1 aliphatic heterocycles. The van der Waals surface area contributed by atoms with Gasteiger partial charge in [0.1, 0.15) is 19.0 Å². The topological polar surface area (TPSA) is 69.7 Å². The van der Waals surface area contributed by atoms with Crippen molar-refractivity contribution < 1.29 is 19.0 Å². The first-order valence-corrected chi connectivity index (χ1v) is 8.79.